The Morgan fingerprint density at radius 2 is 0.659 bits per heavy atom. The lowest BCUT2D eigenvalue weighted by Gasteiger charge is -2.11. The summed E-state index contributed by atoms with van der Waals surface area (Å²) in [6.45, 7) is 2.21. The minimum absolute atomic E-state index is 1.10. The predicted molar refractivity (Wildman–Crippen MR) is 190 cm³/mol. The van der Waals surface area contributed by atoms with Crippen molar-refractivity contribution >= 4 is 35.7 Å². The number of pyridine rings is 2. The van der Waals surface area contributed by atoms with Crippen LogP contribution in [0.4, 0.5) is 11.4 Å². The molecule has 4 nitrogen and oxygen atoms in total. The highest BCUT2D eigenvalue weighted by Gasteiger charge is 2.03. The van der Waals surface area contributed by atoms with E-state index in [0.717, 1.165) is 13.1 Å². The van der Waals surface area contributed by atoms with E-state index in [4.69, 9.17) is 0 Å². The average Bonchev–Trinajstić information content (AvgIpc) is 3.05. The molecular weight excluding hydrogens is 536 g/mol. The lowest BCUT2D eigenvalue weighted by atomic mass is 10.1. The first-order chi connectivity index (χ1) is 21.5. The maximum atomic E-state index is 2.31. The zero-order valence-corrected chi connectivity index (χ0v) is 27.4. The van der Waals surface area contributed by atoms with Crippen molar-refractivity contribution < 1.29 is 9.13 Å². The van der Waals surface area contributed by atoms with Crippen LogP contribution in [-0.4, -0.2) is 28.2 Å². The summed E-state index contributed by atoms with van der Waals surface area (Å²) < 4.78 is 4.63. The fourth-order valence-electron chi connectivity index (χ4n) is 5.26. The van der Waals surface area contributed by atoms with E-state index in [9.17, 15) is 0 Å². The van der Waals surface area contributed by atoms with Gasteiger partial charge in [-0.1, -0.05) is 74.3 Å². The minimum atomic E-state index is 1.10. The molecule has 4 heteroatoms. The normalized spacial score (nSPS) is 11.5. The molecule has 0 saturated carbocycles. The summed E-state index contributed by atoms with van der Waals surface area (Å²) in [5, 5.41) is 0. The quantitative estimate of drug-likeness (QED) is 0.0906. The van der Waals surface area contributed by atoms with E-state index in [1.54, 1.807) is 0 Å². The summed E-state index contributed by atoms with van der Waals surface area (Å²) >= 11 is 0. The summed E-state index contributed by atoms with van der Waals surface area (Å²) in [6.07, 6.45) is 28.1. The molecule has 0 saturated heterocycles. The first kappa shape index (κ1) is 32.7. The smallest absolute Gasteiger partial charge is 0.169 e. The molecule has 2 heterocycles. The zero-order chi connectivity index (χ0) is 31.0. The van der Waals surface area contributed by atoms with Crippen LogP contribution in [0.2, 0.25) is 0 Å². The van der Waals surface area contributed by atoms with E-state index in [-0.39, 0.29) is 0 Å². The van der Waals surface area contributed by atoms with Gasteiger partial charge in [0.2, 0.25) is 0 Å². The van der Waals surface area contributed by atoms with Crippen molar-refractivity contribution in [2.45, 2.75) is 64.5 Å². The number of hydrogen-bond acceptors (Lipinski definition) is 2. The Balaban J connectivity index is 1.02. The molecule has 0 amide bonds. The van der Waals surface area contributed by atoms with Crippen LogP contribution in [0.3, 0.4) is 0 Å². The van der Waals surface area contributed by atoms with Crippen molar-refractivity contribution in [3.63, 3.8) is 0 Å². The lowest BCUT2D eigenvalue weighted by Crippen LogP contribution is -2.32. The van der Waals surface area contributed by atoms with E-state index in [2.05, 4.69) is 169 Å². The first-order valence-corrected chi connectivity index (χ1v) is 16.4. The number of aryl methyl sites for hydroxylation is 2. The zero-order valence-electron chi connectivity index (χ0n) is 27.4. The highest BCUT2D eigenvalue weighted by molar-refractivity contribution is 5.71. The third kappa shape index (κ3) is 11.5. The van der Waals surface area contributed by atoms with Crippen LogP contribution in [0.1, 0.15) is 73.6 Å². The van der Waals surface area contributed by atoms with Crippen molar-refractivity contribution in [1.82, 2.24) is 0 Å². The molecule has 4 aromatic rings. The monoisotopic (exact) mass is 588 g/mol. The van der Waals surface area contributed by atoms with E-state index < -0.39 is 0 Å². The average molecular weight is 589 g/mol. The van der Waals surface area contributed by atoms with Crippen LogP contribution < -0.4 is 18.9 Å². The lowest BCUT2D eigenvalue weighted by molar-refractivity contribution is -0.697. The van der Waals surface area contributed by atoms with Gasteiger partial charge in [-0.15, -0.1) is 0 Å². The highest BCUT2D eigenvalue weighted by Crippen LogP contribution is 2.16. The van der Waals surface area contributed by atoms with Crippen molar-refractivity contribution in [3.05, 3.63) is 120 Å². The Labute approximate surface area is 266 Å². The van der Waals surface area contributed by atoms with Crippen molar-refractivity contribution in [2.24, 2.45) is 0 Å². The molecule has 0 spiro atoms. The first-order valence-electron chi connectivity index (χ1n) is 16.4. The van der Waals surface area contributed by atoms with Crippen molar-refractivity contribution in [2.75, 3.05) is 38.0 Å². The van der Waals surface area contributed by atoms with Crippen LogP contribution >= 0.6 is 0 Å². The number of unbranched alkanes of at least 4 members (excludes halogenated alkanes) is 7. The summed E-state index contributed by atoms with van der Waals surface area (Å²) in [4.78, 5) is 4.25. The van der Waals surface area contributed by atoms with Gasteiger partial charge in [0.15, 0.2) is 24.8 Å². The number of hydrogen-bond donors (Lipinski definition) is 0. The molecule has 0 fully saturated rings. The van der Waals surface area contributed by atoms with Crippen molar-refractivity contribution in [3.8, 4) is 0 Å². The summed E-state index contributed by atoms with van der Waals surface area (Å²) in [5.74, 6) is 0. The fourth-order valence-corrected chi connectivity index (χ4v) is 5.26. The van der Waals surface area contributed by atoms with Crippen molar-refractivity contribution in [1.29, 1.82) is 0 Å². The Hall–Kier alpha value is -4.18. The number of benzene rings is 2. The topological polar surface area (TPSA) is 14.2 Å². The van der Waals surface area contributed by atoms with E-state index in [0.29, 0.717) is 0 Å². The molecule has 0 unspecified atom stereocenters. The molecule has 0 radical (unpaired) electrons. The molecule has 230 valence electrons. The van der Waals surface area contributed by atoms with Crippen LogP contribution in [-0.2, 0) is 13.1 Å². The molecule has 0 aliphatic carbocycles. The molecule has 4 rings (SSSR count). The van der Waals surface area contributed by atoms with Gasteiger partial charge in [0.1, 0.15) is 13.1 Å². The summed E-state index contributed by atoms with van der Waals surface area (Å²) in [7, 11) is 8.28. The summed E-state index contributed by atoms with van der Waals surface area (Å²) in [6, 6.07) is 26.1. The molecule has 2 aromatic carbocycles. The maximum absolute atomic E-state index is 2.31. The second-order valence-corrected chi connectivity index (χ2v) is 12.2. The van der Waals surface area contributed by atoms with Crippen LogP contribution in [0.25, 0.3) is 24.3 Å². The third-order valence-corrected chi connectivity index (χ3v) is 8.17. The maximum Gasteiger partial charge on any atom is 0.169 e. The molecule has 0 aliphatic heterocycles. The van der Waals surface area contributed by atoms with Gasteiger partial charge in [-0.3, -0.25) is 0 Å². The van der Waals surface area contributed by atoms with Gasteiger partial charge in [0.05, 0.1) is 0 Å². The molecule has 0 N–H and O–H groups in total. The van der Waals surface area contributed by atoms with Gasteiger partial charge in [0.25, 0.3) is 0 Å². The number of aromatic nitrogens is 2. The SMILES string of the molecule is CN(C)c1ccc(/C=C/c2cc[n+](CCCCCCCCCC[n+]3ccc(/C=C/c4ccc(N(C)C)cc4)cc3)cc2)cc1. The van der Waals surface area contributed by atoms with Gasteiger partial charge in [-0.05, 0) is 59.4 Å². The Kier molecular flexibility index (Phi) is 13.3. The standard InChI is InChI=1S/C40H52N4/c1-41(2)39-21-17-35(18-22-39)13-15-37-25-31-43(32-26-37)29-11-9-7-5-6-8-10-12-30-44-33-27-38(28-34-44)16-14-36-19-23-40(24-20-36)42(3)4/h13-28,31-34H,5-12,29-30H2,1-4H3/q+2. The molecule has 0 bridgehead atoms. The Morgan fingerprint density at radius 1 is 0.386 bits per heavy atom. The van der Waals surface area contributed by atoms with Gasteiger partial charge < -0.3 is 9.80 Å². The number of rotatable bonds is 17. The molecular formula is C40H52N4+2. The molecule has 2 aromatic heterocycles. The second kappa shape index (κ2) is 17.8. The van der Waals surface area contributed by atoms with Gasteiger partial charge in [-0.2, -0.15) is 0 Å². The number of anilines is 2. The van der Waals surface area contributed by atoms with E-state index >= 15 is 0 Å². The number of nitrogens with zero attached hydrogens (tertiary/aromatic N) is 4. The van der Waals surface area contributed by atoms with Gasteiger partial charge in [0, 0.05) is 76.7 Å². The second-order valence-electron chi connectivity index (χ2n) is 12.2. The fraction of sp³-hybridized carbons (Fsp3) is 0.350. The van der Waals surface area contributed by atoms with E-state index in [1.165, 1.54) is 85.0 Å². The highest BCUT2D eigenvalue weighted by atomic mass is 15.1. The van der Waals surface area contributed by atoms with Crippen LogP contribution in [0.5, 0.6) is 0 Å². The Bertz CT molecular complexity index is 1300. The Morgan fingerprint density at radius 3 is 0.955 bits per heavy atom. The van der Waals surface area contributed by atoms with Gasteiger partial charge >= 0.3 is 0 Å². The van der Waals surface area contributed by atoms with Crippen LogP contribution in [0.15, 0.2) is 97.6 Å². The third-order valence-electron chi connectivity index (χ3n) is 8.17. The molecule has 0 aliphatic rings. The largest absolute Gasteiger partial charge is 0.378 e. The summed E-state index contributed by atoms with van der Waals surface area (Å²) in [5.41, 5.74) is 7.38. The predicted octanol–water partition coefficient (Wildman–Crippen LogP) is 8.56. The molecule has 44 heavy (non-hydrogen) atoms. The molecule has 0 atom stereocenters. The van der Waals surface area contributed by atoms with Gasteiger partial charge in [-0.25, -0.2) is 9.13 Å². The van der Waals surface area contributed by atoms with Crippen LogP contribution in [0, 0.1) is 0 Å². The van der Waals surface area contributed by atoms with E-state index in [1.807, 2.05) is 0 Å². The minimum Gasteiger partial charge on any atom is -0.378 e.